The van der Waals surface area contributed by atoms with Gasteiger partial charge in [0.1, 0.15) is 5.82 Å². The minimum absolute atomic E-state index is 0.899. The van der Waals surface area contributed by atoms with Crippen molar-refractivity contribution in [1.82, 2.24) is 9.97 Å². The van der Waals surface area contributed by atoms with Crippen LogP contribution in [0, 0.1) is 3.57 Å². The molecule has 17 heavy (non-hydrogen) atoms. The Bertz CT molecular complexity index is 388. The van der Waals surface area contributed by atoms with Gasteiger partial charge in [-0.15, -0.1) is 0 Å². The van der Waals surface area contributed by atoms with Gasteiger partial charge in [0.05, 0.1) is 9.26 Å². The molecule has 0 bridgehead atoms. The molecule has 1 saturated heterocycles. The predicted octanol–water partition coefficient (Wildman–Crippen LogP) is 2.68. The monoisotopic (exact) mass is 346 g/mol. The van der Waals surface area contributed by atoms with E-state index < -0.39 is 0 Å². The second-order valence-corrected chi connectivity index (χ2v) is 5.41. The molecule has 0 unspecified atom stereocenters. The molecule has 0 aliphatic carbocycles. The van der Waals surface area contributed by atoms with E-state index in [0.29, 0.717) is 0 Å². The highest BCUT2D eigenvalue weighted by Crippen LogP contribution is 2.24. The number of hydrogen-bond acceptors (Lipinski definition) is 4. The van der Waals surface area contributed by atoms with Crippen molar-refractivity contribution < 1.29 is 0 Å². The molecule has 2 heterocycles. The Morgan fingerprint density at radius 2 is 2.00 bits per heavy atom. The van der Waals surface area contributed by atoms with Gasteiger partial charge >= 0.3 is 0 Å². The second kappa shape index (κ2) is 5.84. The molecule has 0 saturated carbocycles. The first kappa shape index (κ1) is 12.9. The normalized spacial score (nSPS) is 15.4. The van der Waals surface area contributed by atoms with Crippen molar-refractivity contribution in [2.45, 2.75) is 32.6 Å². The van der Waals surface area contributed by atoms with Gasteiger partial charge in [0, 0.05) is 20.1 Å². The lowest BCUT2D eigenvalue weighted by atomic mass is 10.2. The summed E-state index contributed by atoms with van der Waals surface area (Å²) in [6, 6.07) is 0. The molecule has 0 atom stereocenters. The number of nitrogens with one attached hydrogen (secondary N) is 1. The lowest BCUT2D eigenvalue weighted by molar-refractivity contribution is 0.832. The van der Waals surface area contributed by atoms with E-state index in [0.717, 1.165) is 41.3 Å². The van der Waals surface area contributed by atoms with Crippen LogP contribution in [0.5, 0.6) is 0 Å². The van der Waals surface area contributed by atoms with E-state index in [1.54, 1.807) is 0 Å². The van der Waals surface area contributed by atoms with E-state index in [1.165, 1.54) is 18.5 Å². The van der Waals surface area contributed by atoms with Gasteiger partial charge < -0.3 is 10.2 Å². The van der Waals surface area contributed by atoms with E-state index in [1.807, 2.05) is 7.05 Å². The van der Waals surface area contributed by atoms with E-state index in [-0.39, 0.29) is 0 Å². The van der Waals surface area contributed by atoms with Gasteiger partial charge in [-0.2, -0.15) is 4.98 Å². The smallest absolute Gasteiger partial charge is 0.227 e. The maximum absolute atomic E-state index is 4.72. The van der Waals surface area contributed by atoms with E-state index in [2.05, 4.69) is 44.7 Å². The maximum Gasteiger partial charge on any atom is 0.227 e. The summed E-state index contributed by atoms with van der Waals surface area (Å²) >= 11 is 2.34. The molecule has 4 nitrogen and oxygen atoms in total. The van der Waals surface area contributed by atoms with Crippen molar-refractivity contribution in [1.29, 1.82) is 0 Å². The Balaban J connectivity index is 2.35. The van der Waals surface area contributed by atoms with Crippen LogP contribution in [0.4, 0.5) is 11.8 Å². The number of aryl methyl sites for hydroxylation is 1. The Labute approximate surface area is 116 Å². The van der Waals surface area contributed by atoms with Crippen LogP contribution in [0.15, 0.2) is 0 Å². The molecule has 1 aliphatic heterocycles. The molecule has 2 rings (SSSR count). The fourth-order valence-corrected chi connectivity index (χ4v) is 2.89. The predicted molar refractivity (Wildman–Crippen MR) is 79.7 cm³/mol. The fraction of sp³-hybridized carbons (Fsp3) is 0.667. The quantitative estimate of drug-likeness (QED) is 0.852. The highest BCUT2D eigenvalue weighted by Gasteiger charge is 2.18. The summed E-state index contributed by atoms with van der Waals surface area (Å²) in [5.41, 5.74) is 1.18. The van der Waals surface area contributed by atoms with Gasteiger partial charge in [-0.1, -0.05) is 13.3 Å². The molecular weight excluding hydrogens is 327 g/mol. The zero-order valence-corrected chi connectivity index (χ0v) is 12.6. The number of anilines is 2. The van der Waals surface area contributed by atoms with Crippen LogP contribution in [0.25, 0.3) is 0 Å². The van der Waals surface area contributed by atoms with E-state index in [9.17, 15) is 0 Å². The first-order valence-electron chi connectivity index (χ1n) is 6.25. The zero-order chi connectivity index (χ0) is 12.3. The zero-order valence-electron chi connectivity index (χ0n) is 10.5. The van der Waals surface area contributed by atoms with Crippen molar-refractivity contribution >= 4 is 34.4 Å². The van der Waals surface area contributed by atoms with Crippen molar-refractivity contribution in [2.24, 2.45) is 0 Å². The van der Waals surface area contributed by atoms with Crippen LogP contribution in [0.3, 0.4) is 0 Å². The Morgan fingerprint density at radius 1 is 1.29 bits per heavy atom. The van der Waals surface area contributed by atoms with Gasteiger partial charge in [-0.25, -0.2) is 4.98 Å². The molecule has 0 spiro atoms. The highest BCUT2D eigenvalue weighted by atomic mass is 127. The minimum Gasteiger partial charge on any atom is -0.372 e. The van der Waals surface area contributed by atoms with Gasteiger partial charge in [0.2, 0.25) is 5.95 Å². The summed E-state index contributed by atoms with van der Waals surface area (Å²) in [4.78, 5) is 11.6. The molecule has 5 heteroatoms. The standard InChI is InChI=1S/C12H19IN4/c1-3-6-9-10(13)11(14-2)16-12(15-9)17-7-4-5-8-17/h3-8H2,1-2H3,(H,14,15,16). The summed E-state index contributed by atoms with van der Waals surface area (Å²) in [7, 11) is 1.92. The van der Waals surface area contributed by atoms with Crippen molar-refractivity contribution in [3.05, 3.63) is 9.26 Å². The largest absolute Gasteiger partial charge is 0.372 e. The lowest BCUT2D eigenvalue weighted by Crippen LogP contribution is -2.22. The Morgan fingerprint density at radius 3 is 2.59 bits per heavy atom. The van der Waals surface area contributed by atoms with Crippen LogP contribution in [0.2, 0.25) is 0 Å². The molecule has 0 radical (unpaired) electrons. The lowest BCUT2D eigenvalue weighted by Gasteiger charge is -2.18. The highest BCUT2D eigenvalue weighted by molar-refractivity contribution is 14.1. The summed E-state index contributed by atoms with van der Waals surface area (Å²) in [5, 5.41) is 3.17. The first-order valence-corrected chi connectivity index (χ1v) is 7.33. The van der Waals surface area contributed by atoms with Gasteiger partial charge in [-0.05, 0) is 41.9 Å². The van der Waals surface area contributed by atoms with Crippen LogP contribution in [0.1, 0.15) is 31.9 Å². The Kier molecular flexibility index (Phi) is 4.42. The number of nitrogens with zero attached hydrogens (tertiary/aromatic N) is 3. The minimum atomic E-state index is 0.899. The van der Waals surface area contributed by atoms with Crippen LogP contribution in [-0.2, 0) is 6.42 Å². The molecule has 1 fully saturated rings. The van der Waals surface area contributed by atoms with Crippen LogP contribution < -0.4 is 10.2 Å². The molecule has 94 valence electrons. The number of rotatable bonds is 4. The molecule has 0 amide bonds. The molecule has 1 aliphatic rings. The van der Waals surface area contributed by atoms with Crippen molar-refractivity contribution in [2.75, 3.05) is 30.4 Å². The number of aromatic nitrogens is 2. The van der Waals surface area contributed by atoms with E-state index in [4.69, 9.17) is 4.98 Å². The summed E-state index contributed by atoms with van der Waals surface area (Å²) in [6.07, 6.45) is 4.66. The van der Waals surface area contributed by atoms with Gasteiger partial charge in [0.15, 0.2) is 0 Å². The van der Waals surface area contributed by atoms with Crippen LogP contribution >= 0.6 is 22.6 Å². The van der Waals surface area contributed by atoms with Crippen molar-refractivity contribution in [3.63, 3.8) is 0 Å². The van der Waals surface area contributed by atoms with Gasteiger partial charge in [0.25, 0.3) is 0 Å². The van der Waals surface area contributed by atoms with Crippen molar-refractivity contribution in [3.8, 4) is 0 Å². The first-order chi connectivity index (χ1) is 8.26. The molecule has 1 aromatic rings. The summed E-state index contributed by atoms with van der Waals surface area (Å²) < 4.78 is 1.16. The fourth-order valence-electron chi connectivity index (χ4n) is 2.11. The maximum atomic E-state index is 4.72. The second-order valence-electron chi connectivity index (χ2n) is 4.33. The SMILES string of the molecule is CCCc1nc(N2CCCC2)nc(NC)c1I. The Hall–Kier alpha value is -0.590. The summed E-state index contributed by atoms with van der Waals surface area (Å²) in [5.74, 6) is 1.86. The number of hydrogen-bond donors (Lipinski definition) is 1. The third-order valence-electron chi connectivity index (χ3n) is 3.02. The third kappa shape index (κ3) is 2.81. The molecule has 0 aromatic carbocycles. The molecular formula is C12H19IN4. The van der Waals surface area contributed by atoms with E-state index >= 15 is 0 Å². The molecule has 1 N–H and O–H groups in total. The van der Waals surface area contributed by atoms with Gasteiger partial charge in [-0.3, -0.25) is 0 Å². The average molecular weight is 346 g/mol. The topological polar surface area (TPSA) is 41.1 Å². The van der Waals surface area contributed by atoms with Crippen LogP contribution in [-0.4, -0.2) is 30.1 Å². The third-order valence-corrected chi connectivity index (χ3v) is 4.15. The number of halogens is 1. The average Bonchev–Trinajstić information content (AvgIpc) is 2.85. The summed E-state index contributed by atoms with van der Waals surface area (Å²) in [6.45, 7) is 4.37. The molecule has 1 aromatic heterocycles.